The Morgan fingerprint density at radius 1 is 1.30 bits per heavy atom. The number of tetrazole rings is 1. The zero-order valence-corrected chi connectivity index (χ0v) is 19.1. The van der Waals surface area contributed by atoms with E-state index in [-0.39, 0.29) is 42.6 Å². The van der Waals surface area contributed by atoms with Crippen molar-refractivity contribution in [2.75, 3.05) is 37.6 Å². The Bertz CT molecular complexity index is 1180. The van der Waals surface area contributed by atoms with Gasteiger partial charge in [0.05, 0.1) is 11.7 Å². The summed E-state index contributed by atoms with van der Waals surface area (Å²) < 4.78 is 67.8. The molecule has 0 spiro atoms. The van der Waals surface area contributed by atoms with Crippen LogP contribution in [0, 0.1) is 5.92 Å². The molecule has 1 aromatic heterocycles. The lowest BCUT2D eigenvalue weighted by molar-refractivity contribution is 0.186. The van der Waals surface area contributed by atoms with Crippen LogP contribution in [0.1, 0.15) is 6.42 Å². The quantitative estimate of drug-likeness (QED) is 0.203. The second-order valence-electron chi connectivity index (χ2n) is 7.56. The van der Waals surface area contributed by atoms with Crippen LogP contribution in [-0.2, 0) is 20.0 Å². The molecule has 0 aliphatic carbocycles. The minimum Gasteiger partial charge on any atom is -0.390 e. The summed E-state index contributed by atoms with van der Waals surface area (Å²) in [6, 6.07) is 2.36. The Morgan fingerprint density at radius 3 is 2.58 bits per heavy atom. The molecule has 2 aromatic rings. The molecule has 0 unspecified atom stereocenters. The highest BCUT2D eigenvalue weighted by Crippen LogP contribution is 2.39. The molecule has 184 valence electrons. The number of benzene rings is 1. The molecule has 33 heavy (non-hydrogen) atoms. The van der Waals surface area contributed by atoms with Crippen molar-refractivity contribution in [3.63, 3.8) is 0 Å². The number of nitrogens with zero attached hydrogens (tertiary/aromatic N) is 4. The van der Waals surface area contributed by atoms with Gasteiger partial charge in [-0.15, -0.1) is 10.2 Å². The van der Waals surface area contributed by atoms with Crippen molar-refractivity contribution in [2.45, 2.75) is 28.5 Å². The van der Waals surface area contributed by atoms with Crippen molar-refractivity contribution in [1.29, 1.82) is 0 Å². The third-order valence-corrected chi connectivity index (χ3v) is 7.93. The van der Waals surface area contributed by atoms with Crippen LogP contribution in [0.4, 0.5) is 10.1 Å². The summed E-state index contributed by atoms with van der Waals surface area (Å²) in [6.07, 6.45) is -2.09. The van der Waals surface area contributed by atoms with Crippen LogP contribution in [-0.4, -0.2) is 87.6 Å². The molecule has 14 nitrogen and oxygen atoms in total. The monoisotopic (exact) mass is 507 g/mol. The SMILES string of the molecule is NC[C@@H](O)CNS(=O)(=O)c1ccc(N2CC[C@H](CN)[C@H](F)C2)c(-c2nn[nH]n2)c1S(N)(=O)=O. The van der Waals surface area contributed by atoms with E-state index in [0.717, 1.165) is 6.07 Å². The van der Waals surface area contributed by atoms with E-state index in [1.54, 1.807) is 4.90 Å². The standard InChI is InChI=1S/C16H26FN9O5S2/c17-11-8-26(4-3-9(11)5-18)12-1-2-13(33(30,31)21-7-10(27)6-19)15(32(20,28)29)14(12)16-22-24-25-23-16/h1-2,9-11,21,27H,3-8,18-19H2,(H2,20,28,29)(H,22,23,24,25)/t9-,10-,11-/m1/s1. The van der Waals surface area contributed by atoms with Crippen molar-refractivity contribution < 1.29 is 26.3 Å². The first-order valence-electron chi connectivity index (χ1n) is 9.90. The highest BCUT2D eigenvalue weighted by Gasteiger charge is 2.35. The van der Waals surface area contributed by atoms with Crippen LogP contribution in [0.2, 0.25) is 0 Å². The van der Waals surface area contributed by atoms with Crippen LogP contribution in [0.3, 0.4) is 0 Å². The predicted molar refractivity (Wildman–Crippen MR) is 116 cm³/mol. The van der Waals surface area contributed by atoms with Gasteiger partial charge in [-0.3, -0.25) is 0 Å². The molecule has 9 N–H and O–H groups in total. The molecule has 1 aliphatic rings. The summed E-state index contributed by atoms with van der Waals surface area (Å²) in [6.45, 7) is -0.306. The van der Waals surface area contributed by atoms with E-state index in [0.29, 0.717) is 13.0 Å². The third kappa shape index (κ3) is 5.45. The number of primary sulfonamides is 1. The number of sulfonamides is 2. The summed E-state index contributed by atoms with van der Waals surface area (Å²) in [5.74, 6) is -0.602. The Morgan fingerprint density at radius 2 is 2.03 bits per heavy atom. The molecule has 1 aromatic carbocycles. The van der Waals surface area contributed by atoms with Gasteiger partial charge in [0.25, 0.3) is 0 Å². The molecule has 3 atom stereocenters. The van der Waals surface area contributed by atoms with Gasteiger partial charge in [0.2, 0.25) is 25.9 Å². The van der Waals surface area contributed by atoms with Crippen molar-refractivity contribution in [3.05, 3.63) is 12.1 Å². The smallest absolute Gasteiger partial charge is 0.242 e. The summed E-state index contributed by atoms with van der Waals surface area (Å²) in [4.78, 5) is 0.0815. The fraction of sp³-hybridized carbons (Fsp3) is 0.562. The first-order valence-corrected chi connectivity index (χ1v) is 12.9. The molecule has 2 heterocycles. The molecule has 1 aliphatic heterocycles. The highest BCUT2D eigenvalue weighted by molar-refractivity contribution is 7.92. The van der Waals surface area contributed by atoms with Gasteiger partial charge in [0.1, 0.15) is 16.0 Å². The molecule has 0 amide bonds. The van der Waals surface area contributed by atoms with E-state index in [9.17, 15) is 26.3 Å². The van der Waals surface area contributed by atoms with Crippen LogP contribution in [0.25, 0.3) is 11.4 Å². The van der Waals surface area contributed by atoms with Crippen molar-refractivity contribution >= 4 is 25.7 Å². The van der Waals surface area contributed by atoms with Gasteiger partial charge >= 0.3 is 0 Å². The highest BCUT2D eigenvalue weighted by atomic mass is 32.2. The average molecular weight is 508 g/mol. The van der Waals surface area contributed by atoms with Crippen molar-refractivity contribution in [1.82, 2.24) is 25.3 Å². The Labute approximate surface area is 189 Å². The minimum atomic E-state index is -4.68. The van der Waals surface area contributed by atoms with E-state index < -0.39 is 48.7 Å². The normalized spacial score (nSPS) is 20.7. The molecular weight excluding hydrogens is 481 g/mol. The summed E-state index contributed by atoms with van der Waals surface area (Å²) in [5, 5.41) is 28.2. The maximum atomic E-state index is 14.6. The molecular formula is C16H26FN9O5S2. The van der Waals surface area contributed by atoms with Gasteiger partial charge < -0.3 is 21.5 Å². The van der Waals surface area contributed by atoms with Crippen LogP contribution < -0.4 is 26.2 Å². The lowest BCUT2D eigenvalue weighted by Gasteiger charge is -2.36. The number of aliphatic hydroxyl groups is 1. The maximum Gasteiger partial charge on any atom is 0.242 e. The second-order valence-corrected chi connectivity index (χ2v) is 10.8. The maximum absolute atomic E-state index is 14.6. The number of aromatic amines is 1. The van der Waals surface area contributed by atoms with E-state index in [2.05, 4.69) is 25.3 Å². The minimum absolute atomic E-state index is 0.107. The van der Waals surface area contributed by atoms with Gasteiger partial charge in [0, 0.05) is 37.8 Å². The van der Waals surface area contributed by atoms with Crippen LogP contribution in [0.5, 0.6) is 0 Å². The molecule has 3 rings (SSSR count). The fourth-order valence-electron chi connectivity index (χ4n) is 3.60. The predicted octanol–water partition coefficient (Wildman–Crippen LogP) is -2.76. The van der Waals surface area contributed by atoms with Crippen molar-refractivity contribution in [3.8, 4) is 11.4 Å². The number of H-pyrrole nitrogens is 1. The lowest BCUT2D eigenvalue weighted by Crippen LogP contribution is -2.44. The molecule has 17 heteroatoms. The van der Waals surface area contributed by atoms with Gasteiger partial charge in [0.15, 0.2) is 0 Å². The number of rotatable bonds is 9. The number of nitrogens with one attached hydrogen (secondary N) is 2. The van der Waals surface area contributed by atoms with E-state index in [1.165, 1.54) is 6.07 Å². The number of hydrogen-bond donors (Lipinski definition) is 6. The summed E-state index contributed by atoms with van der Waals surface area (Å²) in [5.41, 5.74) is 10.8. The third-order valence-electron chi connectivity index (χ3n) is 5.34. The van der Waals surface area contributed by atoms with Gasteiger partial charge in [-0.25, -0.2) is 31.1 Å². The molecule has 0 saturated carbocycles. The lowest BCUT2D eigenvalue weighted by atomic mass is 9.94. The largest absolute Gasteiger partial charge is 0.390 e. The van der Waals surface area contributed by atoms with Gasteiger partial charge in [-0.05, 0) is 30.3 Å². The Balaban J connectivity index is 2.20. The number of anilines is 1. The number of halogens is 1. The van der Waals surface area contributed by atoms with Crippen molar-refractivity contribution in [2.24, 2.45) is 22.5 Å². The molecule has 1 fully saturated rings. The van der Waals surface area contributed by atoms with Crippen LogP contribution in [0.15, 0.2) is 21.9 Å². The van der Waals surface area contributed by atoms with E-state index >= 15 is 0 Å². The zero-order chi connectivity index (χ0) is 24.4. The zero-order valence-electron chi connectivity index (χ0n) is 17.4. The first kappa shape index (κ1) is 25.3. The van der Waals surface area contributed by atoms with E-state index in [4.69, 9.17) is 16.6 Å². The number of piperidine rings is 1. The Kier molecular flexibility index (Phi) is 7.62. The Hall–Kier alpha value is -2.28. The first-order chi connectivity index (χ1) is 15.5. The average Bonchev–Trinajstić information content (AvgIpc) is 3.30. The van der Waals surface area contributed by atoms with Gasteiger partial charge in [-0.2, -0.15) is 5.21 Å². The summed E-state index contributed by atoms with van der Waals surface area (Å²) in [7, 11) is -9.16. The topological polar surface area (TPSA) is 236 Å². The molecule has 0 bridgehead atoms. The summed E-state index contributed by atoms with van der Waals surface area (Å²) >= 11 is 0. The number of aliphatic hydroxyl groups excluding tert-OH is 1. The fourth-order valence-corrected chi connectivity index (χ4v) is 6.27. The van der Waals surface area contributed by atoms with Gasteiger partial charge in [-0.1, -0.05) is 0 Å². The number of hydrogen-bond acceptors (Lipinski definition) is 11. The molecule has 0 radical (unpaired) electrons. The number of nitrogens with two attached hydrogens (primary N) is 3. The van der Waals surface area contributed by atoms with Crippen LogP contribution >= 0.6 is 0 Å². The van der Waals surface area contributed by atoms with E-state index in [1.807, 2.05) is 0 Å². The second kappa shape index (κ2) is 9.92. The molecule has 1 saturated heterocycles. The number of alkyl halides is 1. The number of aromatic nitrogens is 4.